The van der Waals surface area contributed by atoms with Gasteiger partial charge in [-0.05, 0) is 59.5 Å². The van der Waals surface area contributed by atoms with Crippen molar-refractivity contribution in [1.29, 1.82) is 0 Å². The SMILES string of the molecule is CC1=C(C(=O)Nc2ccc(Br)cn2)[C@@H](c2cc([N+](=O)[O-])ccc2Cl)C2=C(CCCC2=O)N1. The van der Waals surface area contributed by atoms with Gasteiger partial charge in [0.05, 0.1) is 4.92 Å². The smallest absolute Gasteiger partial charge is 0.269 e. The van der Waals surface area contributed by atoms with E-state index in [1.54, 1.807) is 25.3 Å². The molecule has 2 aromatic rings. The maximum Gasteiger partial charge on any atom is 0.269 e. The molecule has 0 saturated heterocycles. The lowest BCUT2D eigenvalue weighted by Gasteiger charge is -2.34. The normalized spacial score (nSPS) is 18.2. The summed E-state index contributed by atoms with van der Waals surface area (Å²) in [5.41, 5.74) is 2.16. The Hall–Kier alpha value is -3.04. The van der Waals surface area contributed by atoms with Gasteiger partial charge >= 0.3 is 0 Å². The first-order chi connectivity index (χ1) is 15.3. The second-order valence-electron chi connectivity index (χ2n) is 7.54. The zero-order valence-corrected chi connectivity index (χ0v) is 19.3. The summed E-state index contributed by atoms with van der Waals surface area (Å²) in [5, 5.41) is 17.6. The van der Waals surface area contributed by atoms with Gasteiger partial charge in [-0.25, -0.2) is 4.98 Å². The van der Waals surface area contributed by atoms with Crippen molar-refractivity contribution in [3.8, 4) is 0 Å². The molecule has 1 atom stereocenters. The lowest BCUT2D eigenvalue weighted by molar-refractivity contribution is -0.384. The second kappa shape index (κ2) is 8.84. The molecular formula is C22H18BrClN4O4. The molecule has 2 aliphatic rings. The number of carbonyl (C=O) groups excluding carboxylic acids is 2. The monoisotopic (exact) mass is 516 g/mol. The molecule has 1 aromatic heterocycles. The van der Waals surface area contributed by atoms with E-state index in [4.69, 9.17) is 11.6 Å². The zero-order chi connectivity index (χ0) is 23.0. The van der Waals surface area contributed by atoms with E-state index in [0.29, 0.717) is 41.9 Å². The minimum Gasteiger partial charge on any atom is -0.362 e. The summed E-state index contributed by atoms with van der Waals surface area (Å²) in [6, 6.07) is 7.44. The van der Waals surface area contributed by atoms with Crippen LogP contribution >= 0.6 is 27.5 Å². The van der Waals surface area contributed by atoms with E-state index in [0.717, 1.165) is 10.2 Å². The van der Waals surface area contributed by atoms with E-state index in [-0.39, 0.29) is 22.1 Å². The number of Topliss-reactive ketones (excluding diaryl/α,β-unsaturated/α-hetero) is 1. The van der Waals surface area contributed by atoms with Crippen molar-refractivity contribution in [2.45, 2.75) is 32.1 Å². The standard InChI is InChI=1S/C22H18BrClN4O4/c1-11-19(22(30)27-18-8-5-12(23)10-25-18)20(21-16(26-11)3-2-4-17(21)29)14-9-13(28(31)32)6-7-15(14)24/h5-10,20,26H,2-4H2,1H3,(H,25,27,30)/t20-/m1/s1. The van der Waals surface area contributed by atoms with Crippen LogP contribution in [0.3, 0.4) is 0 Å². The molecule has 164 valence electrons. The Morgan fingerprint density at radius 3 is 2.78 bits per heavy atom. The van der Waals surface area contributed by atoms with Crippen LogP contribution in [0.4, 0.5) is 11.5 Å². The summed E-state index contributed by atoms with van der Waals surface area (Å²) in [6.07, 6.45) is 3.23. The fourth-order valence-electron chi connectivity index (χ4n) is 4.09. The molecule has 0 fully saturated rings. The van der Waals surface area contributed by atoms with Gasteiger partial charge in [0.15, 0.2) is 5.78 Å². The number of halogens is 2. The first-order valence-electron chi connectivity index (χ1n) is 9.87. The number of pyridine rings is 1. The van der Waals surface area contributed by atoms with Gasteiger partial charge in [-0.2, -0.15) is 0 Å². The highest BCUT2D eigenvalue weighted by Crippen LogP contribution is 2.45. The number of benzene rings is 1. The van der Waals surface area contributed by atoms with E-state index in [1.807, 2.05) is 0 Å². The summed E-state index contributed by atoms with van der Waals surface area (Å²) in [5.74, 6) is -1.08. The number of nitrogens with zero attached hydrogens (tertiary/aromatic N) is 2. The van der Waals surface area contributed by atoms with Gasteiger partial charge < -0.3 is 10.6 Å². The summed E-state index contributed by atoms with van der Waals surface area (Å²) in [7, 11) is 0. The minimum atomic E-state index is -0.832. The van der Waals surface area contributed by atoms with Crippen molar-refractivity contribution < 1.29 is 14.5 Å². The predicted molar refractivity (Wildman–Crippen MR) is 123 cm³/mol. The zero-order valence-electron chi connectivity index (χ0n) is 16.9. The van der Waals surface area contributed by atoms with Crippen molar-refractivity contribution in [2.75, 3.05) is 5.32 Å². The topological polar surface area (TPSA) is 114 Å². The van der Waals surface area contributed by atoms with Crippen LogP contribution in [0.25, 0.3) is 0 Å². The molecule has 0 saturated carbocycles. The highest BCUT2D eigenvalue weighted by Gasteiger charge is 2.40. The molecular weight excluding hydrogens is 500 g/mol. The number of carbonyl (C=O) groups is 2. The number of rotatable bonds is 4. The van der Waals surface area contributed by atoms with Gasteiger partial charge in [-0.1, -0.05) is 11.6 Å². The molecule has 32 heavy (non-hydrogen) atoms. The number of dihydropyridines is 1. The molecule has 10 heteroatoms. The average Bonchev–Trinajstić information content (AvgIpc) is 2.74. The van der Waals surface area contributed by atoms with Gasteiger partial charge in [0.1, 0.15) is 5.82 Å². The third kappa shape index (κ3) is 4.18. The van der Waals surface area contributed by atoms with E-state index >= 15 is 0 Å². The quantitative estimate of drug-likeness (QED) is 0.435. The Bertz CT molecular complexity index is 1210. The first kappa shape index (κ1) is 22.2. The predicted octanol–water partition coefficient (Wildman–Crippen LogP) is 5.01. The van der Waals surface area contributed by atoms with Gasteiger partial charge in [0.25, 0.3) is 11.6 Å². The fraction of sp³-hybridized carbons (Fsp3) is 0.227. The van der Waals surface area contributed by atoms with E-state index < -0.39 is 16.7 Å². The number of anilines is 1. The number of hydrogen-bond acceptors (Lipinski definition) is 6. The highest BCUT2D eigenvalue weighted by atomic mass is 79.9. The van der Waals surface area contributed by atoms with Gasteiger partial charge in [0, 0.05) is 62.7 Å². The van der Waals surface area contributed by atoms with Crippen molar-refractivity contribution in [2.24, 2.45) is 0 Å². The molecule has 4 rings (SSSR count). The Morgan fingerprint density at radius 1 is 1.31 bits per heavy atom. The number of allylic oxidation sites excluding steroid dienone is 3. The van der Waals surface area contributed by atoms with Crippen molar-refractivity contribution in [1.82, 2.24) is 10.3 Å². The number of nitrogens with one attached hydrogen (secondary N) is 2. The largest absolute Gasteiger partial charge is 0.362 e. The summed E-state index contributed by atoms with van der Waals surface area (Å²) < 4.78 is 0.758. The van der Waals surface area contributed by atoms with Crippen LogP contribution in [0.5, 0.6) is 0 Å². The summed E-state index contributed by atoms with van der Waals surface area (Å²) in [4.78, 5) is 41.4. The Balaban J connectivity index is 1.85. The molecule has 1 aliphatic heterocycles. The molecule has 1 aromatic carbocycles. The fourth-order valence-corrected chi connectivity index (χ4v) is 4.56. The number of aromatic nitrogens is 1. The Kier molecular flexibility index (Phi) is 6.12. The van der Waals surface area contributed by atoms with Crippen LogP contribution in [-0.4, -0.2) is 21.6 Å². The van der Waals surface area contributed by atoms with Gasteiger partial charge in [0.2, 0.25) is 0 Å². The molecule has 2 N–H and O–H groups in total. The summed E-state index contributed by atoms with van der Waals surface area (Å²) >= 11 is 9.76. The Labute approximate surface area is 197 Å². The Morgan fingerprint density at radius 2 is 2.09 bits per heavy atom. The molecule has 8 nitrogen and oxygen atoms in total. The number of ketones is 1. The molecule has 1 aliphatic carbocycles. The highest BCUT2D eigenvalue weighted by molar-refractivity contribution is 9.10. The number of nitro benzene ring substituents is 1. The third-order valence-corrected chi connectivity index (χ3v) is 6.30. The van der Waals surface area contributed by atoms with Gasteiger partial charge in [-0.3, -0.25) is 19.7 Å². The maximum atomic E-state index is 13.4. The molecule has 1 amide bonds. The maximum absolute atomic E-state index is 13.4. The lowest BCUT2D eigenvalue weighted by Crippen LogP contribution is -2.35. The van der Waals surface area contributed by atoms with Gasteiger partial charge in [-0.15, -0.1) is 0 Å². The number of amides is 1. The van der Waals surface area contributed by atoms with Crippen molar-refractivity contribution in [3.05, 3.63) is 84.2 Å². The van der Waals surface area contributed by atoms with Crippen LogP contribution in [0, 0.1) is 10.1 Å². The van der Waals surface area contributed by atoms with E-state index in [1.165, 1.54) is 18.2 Å². The number of hydrogen-bond donors (Lipinski definition) is 2. The average molecular weight is 518 g/mol. The van der Waals surface area contributed by atoms with Crippen LogP contribution in [0.1, 0.15) is 37.7 Å². The third-order valence-electron chi connectivity index (χ3n) is 5.49. The number of non-ortho nitro benzene ring substituents is 1. The van der Waals surface area contributed by atoms with Crippen LogP contribution in [0.2, 0.25) is 5.02 Å². The lowest BCUT2D eigenvalue weighted by atomic mass is 9.75. The van der Waals surface area contributed by atoms with Crippen LogP contribution in [-0.2, 0) is 9.59 Å². The van der Waals surface area contributed by atoms with E-state index in [9.17, 15) is 19.7 Å². The number of nitro groups is 1. The molecule has 2 heterocycles. The molecule has 0 spiro atoms. The molecule has 0 bridgehead atoms. The van der Waals surface area contributed by atoms with Crippen molar-refractivity contribution >= 4 is 50.7 Å². The van der Waals surface area contributed by atoms with Crippen LogP contribution in [0.15, 0.2) is 63.5 Å². The summed E-state index contributed by atoms with van der Waals surface area (Å²) in [6.45, 7) is 1.74. The molecule has 0 unspecified atom stereocenters. The van der Waals surface area contributed by atoms with Crippen LogP contribution < -0.4 is 10.6 Å². The molecule has 0 radical (unpaired) electrons. The minimum absolute atomic E-state index is 0.106. The van der Waals surface area contributed by atoms with E-state index in [2.05, 4.69) is 31.5 Å². The van der Waals surface area contributed by atoms with Crippen molar-refractivity contribution in [3.63, 3.8) is 0 Å². The first-order valence-corrected chi connectivity index (χ1v) is 11.0. The second-order valence-corrected chi connectivity index (χ2v) is 8.87.